The number of carbonyl (C=O) groups is 1. The zero-order valence-corrected chi connectivity index (χ0v) is 18.3. The molecular formula is C21H24N4O5S. The van der Waals surface area contributed by atoms with Crippen LogP contribution in [-0.4, -0.2) is 59.8 Å². The molecule has 0 spiro atoms. The summed E-state index contributed by atoms with van der Waals surface area (Å²) < 4.78 is 38.0. The minimum atomic E-state index is -3.73. The van der Waals surface area contributed by atoms with E-state index in [1.165, 1.54) is 10.6 Å². The fraction of sp³-hybridized carbons (Fsp3) is 0.381. The molecule has 31 heavy (non-hydrogen) atoms. The number of aromatic nitrogens is 2. The number of carbonyl (C=O) groups excluding carboxylic acids is 1. The Bertz CT molecular complexity index is 1150. The molecule has 2 aromatic heterocycles. The summed E-state index contributed by atoms with van der Waals surface area (Å²) in [6.45, 7) is 4.53. The van der Waals surface area contributed by atoms with Crippen molar-refractivity contribution in [1.82, 2.24) is 19.3 Å². The summed E-state index contributed by atoms with van der Waals surface area (Å²) in [5.74, 6) is 0.635. The average molecular weight is 445 g/mol. The minimum Gasteiger partial charge on any atom is -0.444 e. The van der Waals surface area contributed by atoms with Crippen molar-refractivity contribution in [3.63, 3.8) is 0 Å². The molecule has 0 unspecified atom stereocenters. The lowest BCUT2D eigenvalue weighted by atomic mass is 10.2. The highest BCUT2D eigenvalue weighted by molar-refractivity contribution is 7.89. The summed E-state index contributed by atoms with van der Waals surface area (Å²) in [7, 11) is -3.73. The van der Waals surface area contributed by atoms with E-state index in [-0.39, 0.29) is 29.5 Å². The number of amides is 1. The average Bonchev–Trinajstić information content (AvgIpc) is 3.25. The zero-order chi connectivity index (χ0) is 22.0. The summed E-state index contributed by atoms with van der Waals surface area (Å²) in [5.41, 5.74) is 1.74. The lowest BCUT2D eigenvalue weighted by Crippen LogP contribution is -2.38. The molecule has 1 fully saturated rings. The van der Waals surface area contributed by atoms with Crippen LogP contribution >= 0.6 is 0 Å². The van der Waals surface area contributed by atoms with E-state index in [1.54, 1.807) is 18.7 Å². The molecule has 0 N–H and O–H groups in total. The molecule has 3 heterocycles. The summed E-state index contributed by atoms with van der Waals surface area (Å²) in [4.78, 5) is 19.0. The van der Waals surface area contributed by atoms with Crippen molar-refractivity contribution in [3.05, 3.63) is 53.7 Å². The number of hydrogen-bond donors (Lipinski definition) is 0. The molecule has 3 aromatic rings. The quantitative estimate of drug-likeness (QED) is 0.594. The predicted molar refractivity (Wildman–Crippen MR) is 112 cm³/mol. The molecule has 1 aliphatic heterocycles. The van der Waals surface area contributed by atoms with Crippen LogP contribution in [0.2, 0.25) is 0 Å². The van der Waals surface area contributed by atoms with Crippen molar-refractivity contribution in [1.29, 1.82) is 0 Å². The van der Waals surface area contributed by atoms with E-state index in [1.807, 2.05) is 30.3 Å². The maximum atomic E-state index is 13.0. The van der Waals surface area contributed by atoms with Gasteiger partial charge in [-0.2, -0.15) is 4.31 Å². The first-order valence-electron chi connectivity index (χ1n) is 10.1. The maximum absolute atomic E-state index is 13.0. The van der Waals surface area contributed by atoms with Crippen LogP contribution in [0, 0.1) is 13.8 Å². The molecule has 0 radical (unpaired) electrons. The molecule has 9 nitrogen and oxygen atoms in total. The topological polar surface area (TPSA) is 110 Å². The molecule has 0 aliphatic carbocycles. The van der Waals surface area contributed by atoms with Crippen LogP contribution in [0.1, 0.15) is 23.6 Å². The van der Waals surface area contributed by atoms with Crippen LogP contribution in [0.5, 0.6) is 0 Å². The molecule has 1 aromatic carbocycles. The molecular weight excluding hydrogens is 420 g/mol. The van der Waals surface area contributed by atoms with Gasteiger partial charge in [0.15, 0.2) is 5.76 Å². The number of oxazole rings is 1. The summed E-state index contributed by atoms with van der Waals surface area (Å²) in [6, 6.07) is 9.47. The third-order valence-corrected chi connectivity index (χ3v) is 7.42. The van der Waals surface area contributed by atoms with E-state index in [4.69, 9.17) is 8.94 Å². The molecule has 1 saturated heterocycles. The highest BCUT2D eigenvalue weighted by atomic mass is 32.2. The highest BCUT2D eigenvalue weighted by Crippen LogP contribution is 2.24. The molecule has 1 aliphatic rings. The number of sulfonamides is 1. The zero-order valence-electron chi connectivity index (χ0n) is 17.4. The largest absolute Gasteiger partial charge is 0.444 e. The molecule has 1 amide bonds. The number of hydrogen-bond acceptors (Lipinski definition) is 7. The van der Waals surface area contributed by atoms with Gasteiger partial charge in [0.25, 0.3) is 0 Å². The maximum Gasteiger partial charge on any atom is 0.248 e. The van der Waals surface area contributed by atoms with Gasteiger partial charge in [0, 0.05) is 31.7 Å². The van der Waals surface area contributed by atoms with E-state index in [0.29, 0.717) is 43.3 Å². The van der Waals surface area contributed by atoms with Gasteiger partial charge in [0.05, 0.1) is 12.1 Å². The lowest BCUT2D eigenvalue weighted by Gasteiger charge is -2.21. The van der Waals surface area contributed by atoms with Crippen LogP contribution in [0.15, 0.2) is 50.4 Å². The van der Waals surface area contributed by atoms with E-state index < -0.39 is 10.0 Å². The molecule has 164 valence electrons. The van der Waals surface area contributed by atoms with Crippen molar-refractivity contribution in [3.8, 4) is 11.5 Å². The highest BCUT2D eigenvalue weighted by Gasteiger charge is 2.33. The first kappa shape index (κ1) is 21.3. The van der Waals surface area contributed by atoms with Crippen molar-refractivity contribution in [2.24, 2.45) is 0 Å². The first-order valence-corrected chi connectivity index (χ1v) is 11.5. The van der Waals surface area contributed by atoms with Gasteiger partial charge in [-0.05, 0) is 32.4 Å². The molecule has 0 bridgehead atoms. The lowest BCUT2D eigenvalue weighted by molar-refractivity contribution is -0.130. The Kier molecular flexibility index (Phi) is 5.92. The van der Waals surface area contributed by atoms with Gasteiger partial charge in [0.1, 0.15) is 16.9 Å². The molecule has 10 heteroatoms. The standard InChI is InChI=1S/C21H24N4O5S/c1-15-20(16(2)30-23-15)31(27,28)25-10-6-9-24(11-12-25)19(26)13-18-14-29-21(22-18)17-7-4-3-5-8-17/h3-5,7-8,14H,6,9-13H2,1-2H3. The smallest absolute Gasteiger partial charge is 0.248 e. The number of aryl methyl sites for hydroxylation is 2. The van der Waals surface area contributed by atoms with Crippen LogP contribution in [-0.2, 0) is 21.2 Å². The van der Waals surface area contributed by atoms with E-state index in [9.17, 15) is 13.2 Å². The van der Waals surface area contributed by atoms with E-state index >= 15 is 0 Å². The molecule has 0 atom stereocenters. The minimum absolute atomic E-state index is 0.104. The fourth-order valence-corrected chi connectivity index (χ4v) is 5.48. The van der Waals surface area contributed by atoms with Gasteiger partial charge in [0.2, 0.25) is 21.8 Å². The fourth-order valence-electron chi connectivity index (χ4n) is 3.72. The van der Waals surface area contributed by atoms with Gasteiger partial charge in [-0.3, -0.25) is 4.79 Å². The Labute approximate surface area is 180 Å². The van der Waals surface area contributed by atoms with Gasteiger partial charge < -0.3 is 13.8 Å². The Morgan fingerprint density at radius 2 is 1.87 bits per heavy atom. The molecule has 4 rings (SSSR count). The summed E-state index contributed by atoms with van der Waals surface area (Å²) in [5, 5.41) is 3.75. The second-order valence-electron chi connectivity index (χ2n) is 7.48. The van der Waals surface area contributed by atoms with Gasteiger partial charge >= 0.3 is 0 Å². The Morgan fingerprint density at radius 1 is 1.10 bits per heavy atom. The second-order valence-corrected chi connectivity index (χ2v) is 9.35. The van der Waals surface area contributed by atoms with Crippen LogP contribution in [0.25, 0.3) is 11.5 Å². The number of rotatable bonds is 5. The van der Waals surface area contributed by atoms with Crippen molar-refractivity contribution < 1.29 is 22.2 Å². The first-order chi connectivity index (χ1) is 14.9. The predicted octanol–water partition coefficient (Wildman–Crippen LogP) is 2.41. The van der Waals surface area contributed by atoms with Crippen molar-refractivity contribution >= 4 is 15.9 Å². The van der Waals surface area contributed by atoms with E-state index in [0.717, 1.165) is 5.56 Å². The van der Waals surface area contributed by atoms with Gasteiger partial charge in [-0.1, -0.05) is 23.4 Å². The SMILES string of the molecule is Cc1noc(C)c1S(=O)(=O)N1CCCN(C(=O)Cc2coc(-c3ccccc3)n2)CC1. The number of nitrogens with zero attached hydrogens (tertiary/aromatic N) is 4. The Hall–Kier alpha value is -2.98. The van der Waals surface area contributed by atoms with Crippen LogP contribution in [0.3, 0.4) is 0 Å². The second kappa shape index (κ2) is 8.64. The monoisotopic (exact) mass is 444 g/mol. The normalized spacial score (nSPS) is 15.7. The van der Waals surface area contributed by atoms with Crippen LogP contribution < -0.4 is 0 Å². The molecule has 0 saturated carbocycles. The number of benzene rings is 1. The van der Waals surface area contributed by atoms with Crippen molar-refractivity contribution in [2.75, 3.05) is 26.2 Å². The summed E-state index contributed by atoms with van der Waals surface area (Å²) >= 11 is 0. The van der Waals surface area contributed by atoms with Crippen molar-refractivity contribution in [2.45, 2.75) is 31.6 Å². The van der Waals surface area contributed by atoms with Gasteiger partial charge in [-0.15, -0.1) is 0 Å². The third kappa shape index (κ3) is 4.40. The van der Waals surface area contributed by atoms with E-state index in [2.05, 4.69) is 10.1 Å². The van der Waals surface area contributed by atoms with Gasteiger partial charge in [-0.25, -0.2) is 13.4 Å². The summed E-state index contributed by atoms with van der Waals surface area (Å²) in [6.07, 6.45) is 2.14. The Balaban J connectivity index is 1.41. The van der Waals surface area contributed by atoms with Crippen LogP contribution in [0.4, 0.5) is 0 Å². The Morgan fingerprint density at radius 3 is 2.58 bits per heavy atom. The third-order valence-electron chi connectivity index (χ3n) is 5.28.